The van der Waals surface area contributed by atoms with Crippen molar-refractivity contribution < 1.29 is 19.5 Å². The maximum absolute atomic E-state index is 12.6. The summed E-state index contributed by atoms with van der Waals surface area (Å²) in [5.74, 6) is -0.811. The number of Topliss-reactive ketones (excluding diaryl/α,β-unsaturated/α-hetero) is 1. The maximum atomic E-state index is 12.6. The lowest BCUT2D eigenvalue weighted by Crippen LogP contribution is -2.52. The first kappa shape index (κ1) is 25.3. The topological polar surface area (TPSA) is 115 Å². The number of rotatable bonds is 11. The van der Waals surface area contributed by atoms with E-state index in [0.717, 1.165) is 18.4 Å². The minimum Gasteiger partial charge on any atom is -0.480 e. The van der Waals surface area contributed by atoms with Gasteiger partial charge in [0.25, 0.3) is 0 Å². The number of nitrogens with zero attached hydrogens (tertiary/aromatic N) is 3. The minimum atomic E-state index is -0.857. The highest BCUT2D eigenvalue weighted by molar-refractivity contribution is 6.32. The Bertz CT molecular complexity index is 752. The normalized spacial score (nSPS) is 15.5. The molecule has 2 heterocycles. The average Bonchev–Trinajstić information content (AvgIpc) is 2.69. The molecule has 0 unspecified atom stereocenters. The van der Waals surface area contributed by atoms with Crippen molar-refractivity contribution in [3.8, 4) is 0 Å². The molecular weight excluding hydrogens is 445 g/mol. The van der Waals surface area contributed by atoms with Gasteiger partial charge in [-0.1, -0.05) is 23.2 Å². The van der Waals surface area contributed by atoms with Crippen LogP contribution in [0.4, 0.5) is 4.79 Å². The number of likely N-dealkylation sites (N-methyl/N-ethyl adjacent to an activating group) is 1. The Morgan fingerprint density at radius 2 is 1.77 bits per heavy atom. The molecule has 1 atom stereocenters. The lowest BCUT2D eigenvalue weighted by molar-refractivity contribution is -0.138. The number of nitrogens with one attached hydrogen (secondary N) is 2. The van der Waals surface area contributed by atoms with Gasteiger partial charge in [-0.15, -0.1) is 0 Å². The fourth-order valence-corrected chi connectivity index (χ4v) is 3.99. The van der Waals surface area contributed by atoms with E-state index in [1.54, 1.807) is 24.1 Å². The Balaban J connectivity index is 1.64. The van der Waals surface area contributed by atoms with Crippen molar-refractivity contribution in [3.63, 3.8) is 0 Å². The third-order valence-electron chi connectivity index (χ3n) is 5.15. The molecule has 2 rings (SSSR count). The van der Waals surface area contributed by atoms with Crippen molar-refractivity contribution in [2.45, 2.75) is 31.7 Å². The zero-order valence-corrected chi connectivity index (χ0v) is 19.1. The highest BCUT2D eigenvalue weighted by Gasteiger charge is 2.22. The number of hydrogen-bond acceptors (Lipinski definition) is 6. The van der Waals surface area contributed by atoms with Gasteiger partial charge in [-0.2, -0.15) is 0 Å². The Morgan fingerprint density at radius 1 is 1.13 bits per heavy atom. The quantitative estimate of drug-likeness (QED) is 0.330. The van der Waals surface area contributed by atoms with Crippen LogP contribution in [-0.4, -0.2) is 90.0 Å². The standard InChI is InChI=1S/C20H29Cl2N5O4/c1-23-15(16(28)10-14-11-17(21)25-18(22)12-14)4-2-3-5-24-20(31)27-8-6-26(7-9-27)13-19(29)30/h11-12,15,23H,2-10,13H2,1H3,(H,24,31)(H,29,30)/t15-/m0/s1. The van der Waals surface area contributed by atoms with Crippen LogP contribution in [0.5, 0.6) is 0 Å². The monoisotopic (exact) mass is 473 g/mol. The smallest absolute Gasteiger partial charge is 0.317 e. The molecule has 0 spiro atoms. The molecule has 0 radical (unpaired) electrons. The Morgan fingerprint density at radius 3 is 2.35 bits per heavy atom. The molecule has 0 saturated carbocycles. The largest absolute Gasteiger partial charge is 0.480 e. The molecule has 0 aliphatic carbocycles. The lowest BCUT2D eigenvalue weighted by Gasteiger charge is -2.33. The summed E-state index contributed by atoms with van der Waals surface area (Å²) in [7, 11) is 1.75. The predicted octanol–water partition coefficient (Wildman–Crippen LogP) is 1.67. The Labute approximate surface area is 192 Å². The van der Waals surface area contributed by atoms with E-state index in [4.69, 9.17) is 28.3 Å². The van der Waals surface area contributed by atoms with Gasteiger partial charge in [0.15, 0.2) is 5.78 Å². The first-order chi connectivity index (χ1) is 14.8. The van der Waals surface area contributed by atoms with Crippen molar-refractivity contribution in [2.75, 3.05) is 46.3 Å². The number of ketones is 1. The van der Waals surface area contributed by atoms with Crippen molar-refractivity contribution in [2.24, 2.45) is 0 Å². The fraction of sp³-hybridized carbons (Fsp3) is 0.600. The number of carboxylic acids is 1. The SMILES string of the molecule is CN[C@@H](CCCCNC(=O)N1CCN(CC(=O)O)CC1)C(=O)Cc1cc(Cl)nc(Cl)c1. The number of amides is 2. The second-order valence-electron chi connectivity index (χ2n) is 7.49. The number of urea groups is 1. The van der Waals surface area contributed by atoms with Gasteiger partial charge >= 0.3 is 12.0 Å². The van der Waals surface area contributed by atoms with E-state index in [-0.39, 0.29) is 41.1 Å². The van der Waals surface area contributed by atoms with Crippen LogP contribution in [-0.2, 0) is 16.0 Å². The molecule has 9 nitrogen and oxygen atoms in total. The van der Waals surface area contributed by atoms with Crippen LogP contribution in [0.1, 0.15) is 24.8 Å². The van der Waals surface area contributed by atoms with Gasteiger partial charge in [-0.25, -0.2) is 9.78 Å². The lowest BCUT2D eigenvalue weighted by atomic mass is 10.00. The van der Waals surface area contributed by atoms with Gasteiger partial charge in [-0.05, 0) is 44.0 Å². The van der Waals surface area contributed by atoms with Gasteiger partial charge in [0, 0.05) is 39.1 Å². The summed E-state index contributed by atoms with van der Waals surface area (Å²) in [5, 5.41) is 15.3. The summed E-state index contributed by atoms with van der Waals surface area (Å²) < 4.78 is 0. The van der Waals surface area contributed by atoms with Crippen molar-refractivity contribution in [1.82, 2.24) is 25.4 Å². The molecule has 2 amide bonds. The summed E-state index contributed by atoms with van der Waals surface area (Å²) in [6.45, 7) is 2.66. The Hall–Kier alpha value is -1.94. The van der Waals surface area contributed by atoms with E-state index in [1.807, 2.05) is 4.90 Å². The van der Waals surface area contributed by atoms with Crippen LogP contribution in [0.2, 0.25) is 10.3 Å². The zero-order valence-electron chi connectivity index (χ0n) is 17.6. The number of carbonyl (C=O) groups is 3. The number of unbranched alkanes of at least 4 members (excludes halogenated alkanes) is 1. The van der Waals surface area contributed by atoms with Crippen LogP contribution >= 0.6 is 23.2 Å². The van der Waals surface area contributed by atoms with Gasteiger partial charge in [0.1, 0.15) is 10.3 Å². The molecule has 1 aromatic heterocycles. The molecule has 1 aromatic rings. The van der Waals surface area contributed by atoms with Crippen LogP contribution < -0.4 is 10.6 Å². The molecule has 172 valence electrons. The van der Waals surface area contributed by atoms with E-state index in [1.165, 1.54) is 0 Å². The van der Waals surface area contributed by atoms with E-state index < -0.39 is 5.97 Å². The molecule has 1 fully saturated rings. The molecule has 0 bridgehead atoms. The van der Waals surface area contributed by atoms with E-state index >= 15 is 0 Å². The number of hydrogen-bond donors (Lipinski definition) is 3. The summed E-state index contributed by atoms with van der Waals surface area (Å²) in [5.41, 5.74) is 0.728. The number of carboxylic acid groups (broad SMARTS) is 1. The zero-order chi connectivity index (χ0) is 22.8. The number of piperazine rings is 1. The van der Waals surface area contributed by atoms with Crippen molar-refractivity contribution >= 4 is 41.0 Å². The van der Waals surface area contributed by atoms with Gasteiger partial charge < -0.3 is 20.6 Å². The first-order valence-corrected chi connectivity index (χ1v) is 11.0. The number of aromatic nitrogens is 1. The van der Waals surface area contributed by atoms with Crippen molar-refractivity contribution in [3.05, 3.63) is 28.0 Å². The molecule has 11 heteroatoms. The minimum absolute atomic E-state index is 0.00203. The van der Waals surface area contributed by atoms with Gasteiger partial charge in [0.2, 0.25) is 0 Å². The summed E-state index contributed by atoms with van der Waals surface area (Å²) >= 11 is 11.8. The summed E-state index contributed by atoms with van der Waals surface area (Å²) in [4.78, 5) is 42.9. The molecule has 31 heavy (non-hydrogen) atoms. The van der Waals surface area contributed by atoms with Crippen LogP contribution in [0, 0.1) is 0 Å². The molecular formula is C20H29Cl2N5O4. The number of aliphatic carboxylic acids is 1. The third kappa shape index (κ3) is 8.98. The van der Waals surface area contributed by atoms with Crippen LogP contribution in [0.15, 0.2) is 12.1 Å². The maximum Gasteiger partial charge on any atom is 0.317 e. The molecule has 3 N–H and O–H groups in total. The number of halogens is 2. The van der Waals surface area contributed by atoms with E-state index in [9.17, 15) is 14.4 Å². The summed E-state index contributed by atoms with van der Waals surface area (Å²) in [6, 6.07) is 2.84. The fourth-order valence-electron chi connectivity index (χ4n) is 3.49. The predicted molar refractivity (Wildman–Crippen MR) is 119 cm³/mol. The second-order valence-corrected chi connectivity index (χ2v) is 8.26. The first-order valence-electron chi connectivity index (χ1n) is 10.3. The molecule has 1 aliphatic rings. The third-order valence-corrected chi connectivity index (χ3v) is 5.54. The highest BCUT2D eigenvalue weighted by atomic mass is 35.5. The highest BCUT2D eigenvalue weighted by Crippen LogP contribution is 2.16. The summed E-state index contributed by atoms with van der Waals surface area (Å²) in [6.07, 6.45) is 2.41. The average molecular weight is 474 g/mol. The molecule has 1 aliphatic heterocycles. The van der Waals surface area contributed by atoms with Crippen LogP contribution in [0.3, 0.4) is 0 Å². The van der Waals surface area contributed by atoms with Crippen molar-refractivity contribution in [1.29, 1.82) is 0 Å². The Kier molecular flexibility index (Phi) is 10.5. The van der Waals surface area contributed by atoms with Crippen LogP contribution in [0.25, 0.3) is 0 Å². The van der Waals surface area contributed by atoms with Gasteiger partial charge in [0.05, 0.1) is 12.6 Å². The molecule has 1 saturated heterocycles. The van der Waals surface area contributed by atoms with E-state index in [0.29, 0.717) is 39.1 Å². The number of carbonyl (C=O) groups excluding carboxylic acids is 2. The second kappa shape index (κ2) is 12.8. The molecule has 0 aromatic carbocycles. The number of pyridine rings is 1. The van der Waals surface area contributed by atoms with E-state index in [2.05, 4.69) is 15.6 Å². The van der Waals surface area contributed by atoms with Gasteiger partial charge in [-0.3, -0.25) is 14.5 Å².